The number of nitrogen functional groups attached to an aromatic ring is 1. The topological polar surface area (TPSA) is 64.9 Å². The van der Waals surface area contributed by atoms with Gasteiger partial charge in [0.1, 0.15) is 5.82 Å². The maximum Gasteiger partial charge on any atom is 0.258 e. The van der Waals surface area contributed by atoms with Crippen LogP contribution in [-0.4, -0.2) is 10.1 Å². The second-order valence-electron chi connectivity index (χ2n) is 3.85. The number of nitrogens with zero attached hydrogens (tertiary/aromatic N) is 2. The lowest BCUT2D eigenvalue weighted by atomic mass is 10.2. The van der Waals surface area contributed by atoms with E-state index in [4.69, 9.17) is 10.3 Å². The molecule has 1 aromatic carbocycles. The summed E-state index contributed by atoms with van der Waals surface area (Å²) in [6, 6.07) is 4.32. The molecular formula is C11H12FN3O. The molecule has 2 aromatic rings. The quantitative estimate of drug-likeness (QED) is 0.791. The molecule has 2 rings (SSSR count). The van der Waals surface area contributed by atoms with E-state index in [9.17, 15) is 4.39 Å². The van der Waals surface area contributed by atoms with Crippen molar-refractivity contribution < 1.29 is 8.91 Å². The van der Waals surface area contributed by atoms with Gasteiger partial charge in [-0.25, -0.2) is 4.39 Å². The number of hydrogen-bond donors (Lipinski definition) is 1. The Morgan fingerprint density at radius 2 is 2.12 bits per heavy atom. The third-order valence-electron chi connectivity index (χ3n) is 2.20. The fraction of sp³-hybridized carbons (Fsp3) is 0.273. The third-order valence-corrected chi connectivity index (χ3v) is 2.20. The maximum absolute atomic E-state index is 13.0. The highest BCUT2D eigenvalue weighted by atomic mass is 19.1. The molecule has 0 radical (unpaired) electrons. The van der Waals surface area contributed by atoms with Crippen molar-refractivity contribution in [3.05, 3.63) is 29.8 Å². The van der Waals surface area contributed by atoms with Crippen molar-refractivity contribution >= 4 is 5.69 Å². The number of halogens is 1. The Balaban J connectivity index is 2.39. The Bertz CT molecular complexity index is 508. The van der Waals surface area contributed by atoms with E-state index in [0.717, 1.165) is 0 Å². The Morgan fingerprint density at radius 1 is 1.38 bits per heavy atom. The lowest BCUT2D eigenvalue weighted by Crippen LogP contribution is -1.92. The van der Waals surface area contributed by atoms with E-state index in [2.05, 4.69) is 10.1 Å². The lowest BCUT2D eigenvalue weighted by molar-refractivity contribution is 0.419. The molecule has 1 heterocycles. The summed E-state index contributed by atoms with van der Waals surface area (Å²) in [7, 11) is 0. The molecule has 0 fully saturated rings. The highest BCUT2D eigenvalue weighted by molar-refractivity contribution is 5.60. The first-order valence-electron chi connectivity index (χ1n) is 4.97. The van der Waals surface area contributed by atoms with Gasteiger partial charge in [0.25, 0.3) is 5.89 Å². The smallest absolute Gasteiger partial charge is 0.258 e. The molecule has 16 heavy (non-hydrogen) atoms. The zero-order valence-corrected chi connectivity index (χ0v) is 9.07. The predicted molar refractivity (Wildman–Crippen MR) is 58.2 cm³/mol. The van der Waals surface area contributed by atoms with Crippen molar-refractivity contribution in [3.63, 3.8) is 0 Å². The van der Waals surface area contributed by atoms with Crippen LogP contribution in [0.3, 0.4) is 0 Å². The van der Waals surface area contributed by atoms with Crippen LogP contribution in [0.4, 0.5) is 10.1 Å². The molecule has 2 N–H and O–H groups in total. The van der Waals surface area contributed by atoms with Crippen LogP contribution in [0.5, 0.6) is 0 Å². The molecule has 0 amide bonds. The fourth-order valence-corrected chi connectivity index (χ4v) is 1.26. The van der Waals surface area contributed by atoms with E-state index in [1.54, 1.807) is 6.07 Å². The van der Waals surface area contributed by atoms with E-state index in [-0.39, 0.29) is 11.6 Å². The molecule has 84 valence electrons. The fourth-order valence-electron chi connectivity index (χ4n) is 1.26. The van der Waals surface area contributed by atoms with E-state index >= 15 is 0 Å². The molecule has 5 heteroatoms. The summed E-state index contributed by atoms with van der Waals surface area (Å²) in [5, 5.41) is 3.82. The second kappa shape index (κ2) is 3.92. The zero-order chi connectivity index (χ0) is 11.7. The van der Waals surface area contributed by atoms with Crippen LogP contribution >= 0.6 is 0 Å². The number of anilines is 1. The molecule has 0 saturated carbocycles. The van der Waals surface area contributed by atoms with E-state index in [1.807, 2.05) is 13.8 Å². The summed E-state index contributed by atoms with van der Waals surface area (Å²) < 4.78 is 18.0. The number of aromatic nitrogens is 2. The van der Waals surface area contributed by atoms with Gasteiger partial charge in [-0.05, 0) is 18.2 Å². The predicted octanol–water partition coefficient (Wildman–Crippen LogP) is 2.58. The van der Waals surface area contributed by atoms with Gasteiger partial charge in [0.2, 0.25) is 0 Å². The van der Waals surface area contributed by atoms with Gasteiger partial charge in [-0.1, -0.05) is 19.0 Å². The van der Waals surface area contributed by atoms with Crippen molar-refractivity contribution in [2.75, 3.05) is 5.73 Å². The summed E-state index contributed by atoms with van der Waals surface area (Å²) in [4.78, 5) is 4.19. The molecule has 0 aliphatic heterocycles. The zero-order valence-electron chi connectivity index (χ0n) is 9.07. The molecule has 0 spiro atoms. The van der Waals surface area contributed by atoms with Crippen molar-refractivity contribution in [2.24, 2.45) is 0 Å². The number of nitrogens with two attached hydrogens (primary N) is 1. The summed E-state index contributed by atoms with van der Waals surface area (Å²) in [5.74, 6) is 0.718. The first-order chi connectivity index (χ1) is 7.58. The molecule has 0 bridgehead atoms. The minimum absolute atomic E-state index is 0.0711. The summed E-state index contributed by atoms with van der Waals surface area (Å²) >= 11 is 0. The molecule has 0 saturated heterocycles. The van der Waals surface area contributed by atoms with Crippen LogP contribution in [0, 0.1) is 5.82 Å². The molecule has 0 aliphatic carbocycles. The van der Waals surface area contributed by atoms with Crippen LogP contribution in [0.15, 0.2) is 22.7 Å². The first-order valence-corrected chi connectivity index (χ1v) is 4.97. The number of rotatable bonds is 2. The Labute approximate surface area is 92.3 Å². The number of hydrogen-bond acceptors (Lipinski definition) is 4. The highest BCUT2D eigenvalue weighted by Crippen LogP contribution is 2.23. The monoisotopic (exact) mass is 221 g/mol. The van der Waals surface area contributed by atoms with Crippen molar-refractivity contribution in [2.45, 2.75) is 19.8 Å². The molecule has 0 atom stereocenters. The van der Waals surface area contributed by atoms with Crippen molar-refractivity contribution in [1.82, 2.24) is 10.1 Å². The highest BCUT2D eigenvalue weighted by Gasteiger charge is 2.12. The van der Waals surface area contributed by atoms with E-state index < -0.39 is 5.82 Å². The molecular weight excluding hydrogens is 209 g/mol. The third kappa shape index (κ3) is 1.88. The van der Waals surface area contributed by atoms with Gasteiger partial charge in [0.05, 0.1) is 5.69 Å². The average Bonchev–Trinajstić information content (AvgIpc) is 2.71. The van der Waals surface area contributed by atoms with E-state index in [0.29, 0.717) is 17.3 Å². The van der Waals surface area contributed by atoms with Gasteiger partial charge in [0, 0.05) is 11.5 Å². The van der Waals surface area contributed by atoms with Gasteiger partial charge in [-0.2, -0.15) is 4.98 Å². The van der Waals surface area contributed by atoms with E-state index in [1.165, 1.54) is 12.1 Å². The Hall–Kier alpha value is -1.91. The number of benzene rings is 1. The van der Waals surface area contributed by atoms with Crippen LogP contribution in [0.25, 0.3) is 11.5 Å². The summed E-state index contributed by atoms with van der Waals surface area (Å²) in [5.41, 5.74) is 6.15. The standard InChI is InChI=1S/C11H12FN3O/c1-6(2)10-14-11(16-15-10)7-3-4-8(12)9(13)5-7/h3-6H,13H2,1-2H3. The van der Waals surface area contributed by atoms with Crippen molar-refractivity contribution in [3.8, 4) is 11.5 Å². The largest absolute Gasteiger partial charge is 0.396 e. The average molecular weight is 221 g/mol. The minimum Gasteiger partial charge on any atom is -0.396 e. The van der Waals surface area contributed by atoms with Crippen LogP contribution in [0.1, 0.15) is 25.6 Å². The van der Waals surface area contributed by atoms with Gasteiger partial charge >= 0.3 is 0 Å². The summed E-state index contributed by atoms with van der Waals surface area (Å²) in [6.45, 7) is 3.93. The summed E-state index contributed by atoms with van der Waals surface area (Å²) in [6.07, 6.45) is 0. The normalized spacial score (nSPS) is 11.0. The lowest BCUT2D eigenvalue weighted by Gasteiger charge is -1.98. The van der Waals surface area contributed by atoms with Crippen LogP contribution in [-0.2, 0) is 0 Å². The second-order valence-corrected chi connectivity index (χ2v) is 3.85. The maximum atomic E-state index is 13.0. The van der Waals surface area contributed by atoms with Gasteiger partial charge in [0.15, 0.2) is 5.82 Å². The van der Waals surface area contributed by atoms with Gasteiger partial charge in [-0.15, -0.1) is 0 Å². The Morgan fingerprint density at radius 3 is 2.69 bits per heavy atom. The SMILES string of the molecule is CC(C)c1noc(-c2ccc(F)c(N)c2)n1. The first kappa shape index (κ1) is 10.6. The van der Waals surface area contributed by atoms with Crippen LogP contribution in [0.2, 0.25) is 0 Å². The Kier molecular flexibility index (Phi) is 2.60. The minimum atomic E-state index is -0.452. The van der Waals surface area contributed by atoms with Crippen LogP contribution < -0.4 is 5.73 Å². The molecule has 1 aromatic heterocycles. The molecule has 4 nitrogen and oxygen atoms in total. The van der Waals surface area contributed by atoms with Gasteiger partial charge < -0.3 is 10.3 Å². The molecule has 0 unspecified atom stereocenters. The van der Waals surface area contributed by atoms with Gasteiger partial charge in [-0.3, -0.25) is 0 Å². The molecule has 0 aliphatic rings. The van der Waals surface area contributed by atoms with Crippen molar-refractivity contribution in [1.29, 1.82) is 0 Å².